The Kier molecular flexibility index (Phi) is 5.26. The first-order valence-electron chi connectivity index (χ1n) is 7.79. The Morgan fingerprint density at radius 3 is 3.09 bits per heavy atom. The molecule has 124 valence electrons. The van der Waals surface area contributed by atoms with Crippen LogP contribution in [0.1, 0.15) is 35.7 Å². The van der Waals surface area contributed by atoms with Crippen molar-refractivity contribution in [1.29, 1.82) is 0 Å². The quantitative estimate of drug-likeness (QED) is 0.896. The first-order chi connectivity index (χ1) is 10.8. The zero-order valence-corrected chi connectivity index (χ0v) is 14.7. The average molecular weight is 353 g/mol. The lowest BCUT2D eigenvalue weighted by atomic mass is 9.96. The van der Waals surface area contributed by atoms with E-state index in [-0.39, 0.29) is 24.4 Å². The van der Waals surface area contributed by atoms with E-state index < -0.39 is 0 Å². The van der Waals surface area contributed by atoms with Gasteiger partial charge in [0.25, 0.3) is 0 Å². The summed E-state index contributed by atoms with van der Waals surface area (Å²) in [6.45, 7) is 2.91. The molecule has 1 aromatic heterocycles. The molecule has 2 atom stereocenters. The molecule has 3 heterocycles. The fraction of sp³-hybridized carbons (Fsp3) is 0.500. The minimum absolute atomic E-state index is 0. The molecule has 0 aliphatic carbocycles. The van der Waals surface area contributed by atoms with E-state index in [9.17, 15) is 0 Å². The predicted molar refractivity (Wildman–Crippen MR) is 93.4 cm³/mol. The maximum atomic E-state index is 5.64. The van der Waals surface area contributed by atoms with Crippen LogP contribution in [0.4, 0.5) is 0 Å². The molecule has 4 rings (SSSR count). The minimum Gasteiger partial charge on any atom is -0.339 e. The van der Waals surface area contributed by atoms with Crippen molar-refractivity contribution >= 4 is 24.2 Å². The summed E-state index contributed by atoms with van der Waals surface area (Å²) in [5.41, 5.74) is 1.32. The van der Waals surface area contributed by atoms with Crippen LogP contribution in [-0.2, 0) is 0 Å². The topological polar surface area (TPSA) is 54.2 Å². The van der Waals surface area contributed by atoms with Gasteiger partial charge in [0.1, 0.15) is 0 Å². The van der Waals surface area contributed by atoms with Crippen molar-refractivity contribution in [3.8, 4) is 0 Å². The van der Waals surface area contributed by atoms with Crippen molar-refractivity contribution in [3.63, 3.8) is 0 Å². The predicted octanol–water partition coefficient (Wildman–Crippen LogP) is 2.70. The monoisotopic (exact) mass is 352 g/mol. The third-order valence-electron chi connectivity index (χ3n) is 4.52. The highest BCUT2D eigenvalue weighted by Gasteiger charge is 2.30. The van der Waals surface area contributed by atoms with E-state index in [0.29, 0.717) is 0 Å². The zero-order chi connectivity index (χ0) is 14.9. The number of hydrogen-bond donors (Lipinski definition) is 1. The first-order valence-corrected chi connectivity index (χ1v) is 8.77. The summed E-state index contributed by atoms with van der Waals surface area (Å²) in [5.74, 6) is 2.91. The highest BCUT2D eigenvalue weighted by molar-refractivity contribution is 7.99. The number of benzene rings is 1. The smallest absolute Gasteiger partial charge is 0.234 e. The van der Waals surface area contributed by atoms with Gasteiger partial charge in [0, 0.05) is 24.5 Å². The molecule has 1 N–H and O–H groups in total. The van der Waals surface area contributed by atoms with Gasteiger partial charge in [-0.05, 0) is 30.9 Å². The molecule has 5 nitrogen and oxygen atoms in total. The van der Waals surface area contributed by atoms with Crippen molar-refractivity contribution in [2.75, 3.05) is 32.4 Å². The lowest BCUT2D eigenvalue weighted by Gasteiger charge is -2.30. The highest BCUT2D eigenvalue weighted by atomic mass is 35.5. The average Bonchev–Trinajstić information content (AvgIpc) is 3.04. The largest absolute Gasteiger partial charge is 0.339 e. The molecule has 0 amide bonds. The van der Waals surface area contributed by atoms with E-state index in [1.54, 1.807) is 0 Å². The summed E-state index contributed by atoms with van der Waals surface area (Å²) in [6.07, 6.45) is 1.06. The molecule has 0 saturated carbocycles. The SMILES string of the molecule is CN1CCNCC1c1noc(C2CCSc3ccccc32)n1.Cl. The summed E-state index contributed by atoms with van der Waals surface area (Å²) in [4.78, 5) is 8.37. The molecule has 1 aromatic carbocycles. The van der Waals surface area contributed by atoms with Crippen LogP contribution in [0, 0.1) is 0 Å². The fourth-order valence-corrected chi connectivity index (χ4v) is 4.34. The molecule has 7 heteroatoms. The highest BCUT2D eigenvalue weighted by Crippen LogP contribution is 2.40. The van der Waals surface area contributed by atoms with E-state index in [0.717, 1.165) is 43.5 Å². The number of halogens is 1. The second-order valence-electron chi connectivity index (χ2n) is 5.92. The summed E-state index contributed by atoms with van der Waals surface area (Å²) < 4.78 is 5.64. The van der Waals surface area contributed by atoms with E-state index in [1.807, 2.05) is 11.8 Å². The lowest BCUT2D eigenvalue weighted by Crippen LogP contribution is -2.44. The zero-order valence-electron chi connectivity index (χ0n) is 13.1. The van der Waals surface area contributed by atoms with Crippen LogP contribution in [0.5, 0.6) is 0 Å². The van der Waals surface area contributed by atoms with Crippen LogP contribution in [0.15, 0.2) is 33.7 Å². The Labute approximate surface area is 146 Å². The molecule has 2 aliphatic rings. The van der Waals surface area contributed by atoms with Gasteiger partial charge in [0.05, 0.1) is 12.0 Å². The maximum absolute atomic E-state index is 5.64. The molecule has 1 fully saturated rings. The van der Waals surface area contributed by atoms with E-state index in [1.165, 1.54) is 10.5 Å². The van der Waals surface area contributed by atoms with Crippen LogP contribution in [-0.4, -0.2) is 47.5 Å². The Balaban J connectivity index is 0.00000156. The van der Waals surface area contributed by atoms with Crippen LogP contribution >= 0.6 is 24.2 Å². The van der Waals surface area contributed by atoms with Gasteiger partial charge < -0.3 is 9.84 Å². The second kappa shape index (κ2) is 7.21. The van der Waals surface area contributed by atoms with Crippen molar-refractivity contribution in [2.24, 2.45) is 0 Å². The fourth-order valence-electron chi connectivity index (χ4n) is 3.22. The van der Waals surface area contributed by atoms with Gasteiger partial charge in [-0.15, -0.1) is 24.2 Å². The number of nitrogens with zero attached hydrogens (tertiary/aromatic N) is 3. The molecule has 0 spiro atoms. The number of rotatable bonds is 2. The third kappa shape index (κ3) is 3.26. The molecule has 2 aliphatic heterocycles. The van der Waals surface area contributed by atoms with E-state index in [4.69, 9.17) is 9.51 Å². The first kappa shape index (κ1) is 16.8. The molecular formula is C16H21ClN4OS. The normalized spacial score (nSPS) is 24.7. The van der Waals surface area contributed by atoms with Crippen LogP contribution in [0.3, 0.4) is 0 Å². The minimum atomic E-state index is 0. The van der Waals surface area contributed by atoms with Gasteiger partial charge in [-0.25, -0.2) is 0 Å². The standard InChI is InChI=1S/C16H20N4OS.ClH/c1-20-8-7-17-10-13(20)15-18-16(21-19-15)12-6-9-22-14-5-3-2-4-11(12)14;/h2-5,12-13,17H,6-10H2,1H3;1H. The number of fused-ring (bicyclic) bond motifs is 1. The summed E-state index contributed by atoms with van der Waals surface area (Å²) >= 11 is 1.91. The number of nitrogens with one attached hydrogen (secondary N) is 1. The third-order valence-corrected chi connectivity index (χ3v) is 5.65. The van der Waals surface area contributed by atoms with Gasteiger partial charge in [-0.2, -0.15) is 4.98 Å². The van der Waals surface area contributed by atoms with Gasteiger partial charge >= 0.3 is 0 Å². The Hall–Kier alpha value is -1.08. The van der Waals surface area contributed by atoms with Gasteiger partial charge in [-0.1, -0.05) is 23.4 Å². The van der Waals surface area contributed by atoms with Gasteiger partial charge in [-0.3, -0.25) is 4.90 Å². The molecule has 0 radical (unpaired) electrons. The molecule has 1 saturated heterocycles. The van der Waals surface area contributed by atoms with Gasteiger partial charge in [0.2, 0.25) is 5.89 Å². The number of hydrogen-bond acceptors (Lipinski definition) is 6. The molecule has 2 unspecified atom stereocenters. The lowest BCUT2D eigenvalue weighted by molar-refractivity contribution is 0.190. The van der Waals surface area contributed by atoms with Crippen molar-refractivity contribution in [1.82, 2.24) is 20.4 Å². The number of likely N-dealkylation sites (N-methyl/N-ethyl adjacent to an activating group) is 1. The summed E-state index contributed by atoms with van der Waals surface area (Å²) in [6, 6.07) is 8.76. The molecule has 2 aromatic rings. The molecule has 23 heavy (non-hydrogen) atoms. The Morgan fingerprint density at radius 2 is 2.22 bits per heavy atom. The van der Waals surface area contributed by atoms with E-state index in [2.05, 4.69) is 46.7 Å². The van der Waals surface area contributed by atoms with Crippen LogP contribution in [0.2, 0.25) is 0 Å². The Morgan fingerprint density at radius 1 is 1.35 bits per heavy atom. The number of aromatic nitrogens is 2. The summed E-state index contributed by atoms with van der Waals surface area (Å²) in [7, 11) is 2.12. The van der Waals surface area contributed by atoms with Crippen molar-refractivity contribution in [3.05, 3.63) is 41.5 Å². The number of piperazine rings is 1. The van der Waals surface area contributed by atoms with Crippen LogP contribution < -0.4 is 5.32 Å². The maximum Gasteiger partial charge on any atom is 0.234 e. The van der Waals surface area contributed by atoms with Crippen molar-refractivity contribution in [2.45, 2.75) is 23.3 Å². The van der Waals surface area contributed by atoms with E-state index >= 15 is 0 Å². The molecular weight excluding hydrogens is 332 g/mol. The molecule has 0 bridgehead atoms. The summed E-state index contributed by atoms with van der Waals surface area (Å²) in [5, 5.41) is 7.67. The number of thioether (sulfide) groups is 1. The second-order valence-corrected chi connectivity index (χ2v) is 7.06. The Bertz CT molecular complexity index is 665. The van der Waals surface area contributed by atoms with Crippen molar-refractivity contribution < 1.29 is 4.52 Å². The van der Waals surface area contributed by atoms with Crippen LogP contribution in [0.25, 0.3) is 0 Å². The van der Waals surface area contributed by atoms with Gasteiger partial charge in [0.15, 0.2) is 5.82 Å².